The summed E-state index contributed by atoms with van der Waals surface area (Å²) in [6, 6.07) is 15.4. The molecule has 0 bridgehead atoms. The lowest BCUT2D eigenvalue weighted by Crippen LogP contribution is -2.39. The van der Waals surface area contributed by atoms with Gasteiger partial charge in [0.2, 0.25) is 0 Å². The van der Waals surface area contributed by atoms with E-state index in [1.807, 2.05) is 69.3 Å². The number of amides is 1. The number of nitrogens with one attached hydrogen (secondary N) is 1. The number of hydrogen-bond acceptors (Lipinski definition) is 3. The Hall–Kier alpha value is -2.49. The smallest absolute Gasteiger partial charge is 0.261 e. The summed E-state index contributed by atoms with van der Waals surface area (Å²) in [6.07, 6.45) is 0.112. The zero-order valence-electron chi connectivity index (χ0n) is 14.5. The molecule has 0 fully saturated rings. The van der Waals surface area contributed by atoms with Crippen LogP contribution in [0.3, 0.4) is 0 Å². The van der Waals surface area contributed by atoms with Crippen LogP contribution in [0.4, 0.5) is 0 Å². The summed E-state index contributed by atoms with van der Waals surface area (Å²) < 4.78 is 11.5. The molecule has 0 saturated carbocycles. The molecule has 4 heteroatoms. The van der Waals surface area contributed by atoms with Gasteiger partial charge in [-0.15, -0.1) is 0 Å². The predicted octanol–water partition coefficient (Wildman–Crippen LogP) is 3.66. The first kappa shape index (κ1) is 17.9. The fraction of sp³-hybridized carbons (Fsp3) is 0.350. The van der Waals surface area contributed by atoms with E-state index in [1.165, 1.54) is 0 Å². The van der Waals surface area contributed by atoms with E-state index in [1.54, 1.807) is 0 Å². The molecule has 0 aliphatic heterocycles. The molecular weight excluding hydrogens is 302 g/mol. The minimum Gasteiger partial charge on any atom is -0.492 e. The van der Waals surface area contributed by atoms with Crippen molar-refractivity contribution in [3.05, 3.63) is 59.7 Å². The Bertz CT molecular complexity index is 655. The van der Waals surface area contributed by atoms with Gasteiger partial charge in [0.1, 0.15) is 18.1 Å². The lowest BCUT2D eigenvalue weighted by molar-refractivity contribution is -0.128. The van der Waals surface area contributed by atoms with Crippen LogP contribution < -0.4 is 14.8 Å². The molecule has 0 saturated heterocycles. The normalized spacial score (nSPS) is 11.6. The van der Waals surface area contributed by atoms with Gasteiger partial charge < -0.3 is 14.8 Å². The van der Waals surface area contributed by atoms with Gasteiger partial charge in [0.15, 0.2) is 6.10 Å². The first-order valence-corrected chi connectivity index (χ1v) is 8.30. The van der Waals surface area contributed by atoms with Crippen molar-refractivity contribution < 1.29 is 14.3 Å². The Morgan fingerprint density at radius 2 is 1.83 bits per heavy atom. The second kappa shape index (κ2) is 8.96. The van der Waals surface area contributed by atoms with Gasteiger partial charge in [-0.1, -0.05) is 37.3 Å². The lowest BCUT2D eigenvalue weighted by Gasteiger charge is -2.19. The van der Waals surface area contributed by atoms with Gasteiger partial charge >= 0.3 is 0 Å². The van der Waals surface area contributed by atoms with Crippen molar-refractivity contribution in [1.82, 2.24) is 5.32 Å². The number of benzene rings is 2. The van der Waals surface area contributed by atoms with Crippen LogP contribution in [0, 0.1) is 13.8 Å². The van der Waals surface area contributed by atoms with Crippen molar-refractivity contribution >= 4 is 5.91 Å². The molecule has 0 heterocycles. The minimum absolute atomic E-state index is 0.116. The fourth-order valence-corrected chi connectivity index (χ4v) is 2.30. The van der Waals surface area contributed by atoms with Crippen LogP contribution >= 0.6 is 0 Å². The molecule has 2 aromatic carbocycles. The topological polar surface area (TPSA) is 47.6 Å². The number of carbonyl (C=O) groups excluding carboxylic acids is 1. The number of ether oxygens (including phenoxy) is 2. The van der Waals surface area contributed by atoms with Crippen LogP contribution in [-0.4, -0.2) is 25.2 Å². The van der Waals surface area contributed by atoms with E-state index in [0.717, 1.165) is 22.6 Å². The van der Waals surface area contributed by atoms with Gasteiger partial charge in [-0.05, 0) is 49.6 Å². The Labute approximate surface area is 143 Å². The third-order valence-corrected chi connectivity index (χ3v) is 3.90. The maximum Gasteiger partial charge on any atom is 0.261 e. The van der Waals surface area contributed by atoms with Gasteiger partial charge in [0.05, 0.1) is 6.54 Å². The van der Waals surface area contributed by atoms with E-state index in [4.69, 9.17) is 9.47 Å². The van der Waals surface area contributed by atoms with E-state index in [2.05, 4.69) is 5.32 Å². The van der Waals surface area contributed by atoms with Crippen molar-refractivity contribution in [1.29, 1.82) is 0 Å². The first-order chi connectivity index (χ1) is 11.6. The predicted molar refractivity (Wildman–Crippen MR) is 95.6 cm³/mol. The monoisotopic (exact) mass is 327 g/mol. The van der Waals surface area contributed by atoms with Crippen molar-refractivity contribution in [3.8, 4) is 11.5 Å². The molecule has 0 spiro atoms. The van der Waals surface area contributed by atoms with E-state index in [-0.39, 0.29) is 5.91 Å². The molecule has 0 aliphatic rings. The second-order valence-electron chi connectivity index (χ2n) is 5.67. The Morgan fingerprint density at radius 1 is 1.08 bits per heavy atom. The standard InChI is InChI=1S/C20H25NO3/c1-4-18(24-19-12-8-9-15(2)16(19)3)20(22)21-13-14-23-17-10-6-5-7-11-17/h5-12,18H,4,13-14H2,1-3H3,(H,21,22)/t18-/m0/s1. The van der Waals surface area contributed by atoms with E-state index in [9.17, 15) is 4.79 Å². The lowest BCUT2D eigenvalue weighted by atomic mass is 10.1. The Kier molecular flexibility index (Phi) is 6.67. The highest BCUT2D eigenvalue weighted by molar-refractivity contribution is 5.81. The number of carbonyl (C=O) groups is 1. The molecule has 0 aromatic heterocycles. The van der Waals surface area contributed by atoms with Gasteiger partial charge in [0.25, 0.3) is 5.91 Å². The van der Waals surface area contributed by atoms with Gasteiger partial charge in [-0.3, -0.25) is 4.79 Å². The molecule has 2 aromatic rings. The molecule has 4 nitrogen and oxygen atoms in total. The zero-order chi connectivity index (χ0) is 17.4. The van der Waals surface area contributed by atoms with Crippen LogP contribution in [-0.2, 0) is 4.79 Å². The highest BCUT2D eigenvalue weighted by Crippen LogP contribution is 2.22. The van der Waals surface area contributed by atoms with Crippen molar-refractivity contribution in [2.75, 3.05) is 13.2 Å². The molecule has 0 unspecified atom stereocenters. The molecule has 24 heavy (non-hydrogen) atoms. The van der Waals surface area contributed by atoms with Crippen LogP contribution in [0.1, 0.15) is 24.5 Å². The summed E-state index contributed by atoms with van der Waals surface area (Å²) >= 11 is 0. The minimum atomic E-state index is -0.498. The van der Waals surface area contributed by atoms with Crippen molar-refractivity contribution in [3.63, 3.8) is 0 Å². The molecule has 128 valence electrons. The molecule has 1 amide bonds. The summed E-state index contributed by atoms with van der Waals surface area (Å²) in [7, 11) is 0. The number of hydrogen-bond donors (Lipinski definition) is 1. The maximum absolute atomic E-state index is 12.3. The highest BCUT2D eigenvalue weighted by atomic mass is 16.5. The van der Waals surface area contributed by atoms with Crippen LogP contribution in [0.15, 0.2) is 48.5 Å². The van der Waals surface area contributed by atoms with E-state index < -0.39 is 6.10 Å². The average Bonchev–Trinajstić information content (AvgIpc) is 2.60. The SMILES string of the molecule is CC[C@H](Oc1cccc(C)c1C)C(=O)NCCOc1ccccc1. The van der Waals surface area contributed by atoms with E-state index >= 15 is 0 Å². The third-order valence-electron chi connectivity index (χ3n) is 3.90. The number of para-hydroxylation sites is 1. The fourth-order valence-electron chi connectivity index (χ4n) is 2.30. The molecule has 0 radical (unpaired) electrons. The highest BCUT2D eigenvalue weighted by Gasteiger charge is 2.19. The number of rotatable bonds is 8. The summed E-state index contributed by atoms with van der Waals surface area (Å²) in [5, 5.41) is 2.87. The average molecular weight is 327 g/mol. The summed E-state index contributed by atoms with van der Waals surface area (Å²) in [5.41, 5.74) is 2.22. The summed E-state index contributed by atoms with van der Waals surface area (Å²) in [6.45, 7) is 6.85. The molecule has 1 atom stereocenters. The Balaban J connectivity index is 1.82. The molecular formula is C20H25NO3. The van der Waals surface area contributed by atoms with Gasteiger partial charge in [-0.25, -0.2) is 0 Å². The molecule has 0 aliphatic carbocycles. The van der Waals surface area contributed by atoms with Crippen molar-refractivity contribution in [2.45, 2.75) is 33.3 Å². The number of aryl methyl sites for hydroxylation is 1. The molecule has 1 N–H and O–H groups in total. The first-order valence-electron chi connectivity index (χ1n) is 8.30. The second-order valence-corrected chi connectivity index (χ2v) is 5.67. The van der Waals surface area contributed by atoms with Gasteiger partial charge in [0, 0.05) is 0 Å². The largest absolute Gasteiger partial charge is 0.492 e. The van der Waals surface area contributed by atoms with Crippen molar-refractivity contribution in [2.24, 2.45) is 0 Å². The quantitative estimate of drug-likeness (QED) is 0.753. The third kappa shape index (κ3) is 5.01. The van der Waals surface area contributed by atoms with Crippen LogP contribution in [0.5, 0.6) is 11.5 Å². The Morgan fingerprint density at radius 3 is 2.54 bits per heavy atom. The van der Waals surface area contributed by atoms with Gasteiger partial charge in [-0.2, -0.15) is 0 Å². The van der Waals surface area contributed by atoms with Crippen LogP contribution in [0.2, 0.25) is 0 Å². The summed E-state index contributed by atoms with van der Waals surface area (Å²) in [5.74, 6) is 1.44. The zero-order valence-corrected chi connectivity index (χ0v) is 14.5. The van der Waals surface area contributed by atoms with Crippen LogP contribution in [0.25, 0.3) is 0 Å². The molecule has 2 rings (SSSR count). The summed E-state index contributed by atoms with van der Waals surface area (Å²) in [4.78, 5) is 12.3. The van der Waals surface area contributed by atoms with E-state index in [0.29, 0.717) is 19.6 Å². The maximum atomic E-state index is 12.3.